The molecule has 3 rings (SSSR count). The molecular weight excluding hydrogens is 302 g/mol. The van der Waals surface area contributed by atoms with E-state index in [1.54, 1.807) is 19.2 Å². The van der Waals surface area contributed by atoms with E-state index in [0.29, 0.717) is 30.4 Å². The molecule has 122 valence electrons. The molecule has 2 aliphatic carbocycles. The number of methoxy groups -OCH3 is 1. The van der Waals surface area contributed by atoms with Crippen molar-refractivity contribution in [3.05, 3.63) is 18.3 Å². The molecule has 2 unspecified atom stereocenters. The van der Waals surface area contributed by atoms with Crippen LogP contribution in [0.4, 0.5) is 5.82 Å². The molecule has 22 heavy (non-hydrogen) atoms. The Balaban J connectivity index is 1.57. The van der Waals surface area contributed by atoms with Crippen molar-refractivity contribution in [3.63, 3.8) is 0 Å². The SMILES string of the molecule is COC1CCC(Nc2ccc(S(=O)(=O)NCC3CC3)cn2)C1. The van der Waals surface area contributed by atoms with E-state index >= 15 is 0 Å². The average Bonchev–Trinajstić information content (AvgIpc) is 3.24. The summed E-state index contributed by atoms with van der Waals surface area (Å²) in [5.41, 5.74) is 0. The predicted octanol–water partition coefficient (Wildman–Crippen LogP) is 1.75. The molecule has 0 bridgehead atoms. The Morgan fingerprint density at radius 1 is 1.27 bits per heavy atom. The summed E-state index contributed by atoms with van der Waals surface area (Å²) in [6, 6.07) is 3.67. The van der Waals surface area contributed by atoms with Crippen LogP contribution in [0, 0.1) is 5.92 Å². The molecule has 0 radical (unpaired) electrons. The summed E-state index contributed by atoms with van der Waals surface area (Å²) in [7, 11) is -1.70. The Morgan fingerprint density at radius 3 is 2.68 bits per heavy atom. The van der Waals surface area contributed by atoms with Crippen LogP contribution < -0.4 is 10.0 Å². The Morgan fingerprint density at radius 2 is 2.09 bits per heavy atom. The molecule has 1 aromatic heterocycles. The summed E-state index contributed by atoms with van der Waals surface area (Å²) >= 11 is 0. The number of anilines is 1. The van der Waals surface area contributed by atoms with Gasteiger partial charge in [-0.25, -0.2) is 18.1 Å². The topological polar surface area (TPSA) is 80.3 Å². The first kappa shape index (κ1) is 15.7. The third kappa shape index (κ3) is 3.97. The second-order valence-corrected chi connectivity index (χ2v) is 7.95. The second kappa shape index (κ2) is 6.52. The summed E-state index contributed by atoms with van der Waals surface area (Å²) < 4.78 is 32.2. The molecule has 2 aliphatic rings. The van der Waals surface area contributed by atoms with E-state index in [-0.39, 0.29) is 4.90 Å². The lowest BCUT2D eigenvalue weighted by atomic mass is 10.2. The Bertz CT molecular complexity index is 599. The molecule has 2 N–H and O–H groups in total. The van der Waals surface area contributed by atoms with E-state index < -0.39 is 10.0 Å². The minimum absolute atomic E-state index is 0.222. The van der Waals surface area contributed by atoms with Crippen molar-refractivity contribution >= 4 is 15.8 Å². The summed E-state index contributed by atoms with van der Waals surface area (Å²) in [4.78, 5) is 4.45. The van der Waals surface area contributed by atoms with Gasteiger partial charge in [-0.15, -0.1) is 0 Å². The lowest BCUT2D eigenvalue weighted by Crippen LogP contribution is -2.26. The zero-order valence-corrected chi connectivity index (χ0v) is 13.6. The predicted molar refractivity (Wildman–Crippen MR) is 84.2 cm³/mol. The van der Waals surface area contributed by atoms with Crippen LogP contribution in [0.15, 0.2) is 23.2 Å². The van der Waals surface area contributed by atoms with Crippen LogP contribution in [0.2, 0.25) is 0 Å². The van der Waals surface area contributed by atoms with Gasteiger partial charge >= 0.3 is 0 Å². The Hall–Kier alpha value is -1.18. The monoisotopic (exact) mass is 325 g/mol. The van der Waals surface area contributed by atoms with E-state index in [0.717, 1.165) is 32.1 Å². The largest absolute Gasteiger partial charge is 0.381 e. The number of ether oxygens (including phenoxy) is 1. The lowest BCUT2D eigenvalue weighted by molar-refractivity contribution is 0.108. The number of hydrogen-bond acceptors (Lipinski definition) is 5. The molecule has 0 spiro atoms. The molecule has 2 atom stereocenters. The Labute approximate surface area is 131 Å². The smallest absolute Gasteiger partial charge is 0.242 e. The van der Waals surface area contributed by atoms with Crippen LogP contribution >= 0.6 is 0 Å². The first-order chi connectivity index (χ1) is 10.6. The summed E-state index contributed by atoms with van der Waals surface area (Å²) in [5, 5.41) is 3.34. The molecule has 0 aromatic carbocycles. The highest BCUT2D eigenvalue weighted by molar-refractivity contribution is 7.89. The number of rotatable bonds is 7. The highest BCUT2D eigenvalue weighted by Crippen LogP contribution is 2.28. The van der Waals surface area contributed by atoms with E-state index in [9.17, 15) is 8.42 Å². The number of aromatic nitrogens is 1. The van der Waals surface area contributed by atoms with Crippen LogP contribution in [0.5, 0.6) is 0 Å². The van der Waals surface area contributed by atoms with Crippen molar-refractivity contribution < 1.29 is 13.2 Å². The van der Waals surface area contributed by atoms with Gasteiger partial charge in [0, 0.05) is 25.9 Å². The standard InChI is InChI=1S/C15H23N3O3S/c1-21-13-5-4-12(8-13)18-15-7-6-14(10-16-15)22(19,20)17-9-11-2-3-11/h6-7,10-13,17H,2-5,8-9H2,1H3,(H,16,18). The maximum atomic E-state index is 12.1. The number of pyridine rings is 1. The number of hydrogen-bond donors (Lipinski definition) is 2. The fourth-order valence-electron chi connectivity index (χ4n) is 2.75. The zero-order chi connectivity index (χ0) is 15.6. The van der Waals surface area contributed by atoms with Crippen LogP contribution in [0.3, 0.4) is 0 Å². The number of nitrogens with zero attached hydrogens (tertiary/aromatic N) is 1. The molecule has 2 saturated carbocycles. The van der Waals surface area contributed by atoms with E-state index in [4.69, 9.17) is 4.74 Å². The van der Waals surface area contributed by atoms with Gasteiger partial charge in [-0.1, -0.05) is 0 Å². The molecular formula is C15H23N3O3S. The molecule has 1 heterocycles. The van der Waals surface area contributed by atoms with Gasteiger partial charge < -0.3 is 10.1 Å². The molecule has 0 saturated heterocycles. The van der Waals surface area contributed by atoms with Gasteiger partial charge in [0.25, 0.3) is 0 Å². The first-order valence-corrected chi connectivity index (χ1v) is 9.30. The van der Waals surface area contributed by atoms with Gasteiger partial charge in [0.05, 0.1) is 6.10 Å². The second-order valence-electron chi connectivity index (χ2n) is 6.19. The van der Waals surface area contributed by atoms with Crippen LogP contribution in [0.1, 0.15) is 32.1 Å². The van der Waals surface area contributed by atoms with Crippen LogP contribution in [-0.2, 0) is 14.8 Å². The molecule has 6 nitrogen and oxygen atoms in total. The number of nitrogens with one attached hydrogen (secondary N) is 2. The van der Waals surface area contributed by atoms with Gasteiger partial charge in [0.2, 0.25) is 10.0 Å². The van der Waals surface area contributed by atoms with Crippen molar-refractivity contribution in [1.29, 1.82) is 0 Å². The average molecular weight is 325 g/mol. The molecule has 0 amide bonds. The summed E-state index contributed by atoms with van der Waals surface area (Å²) in [6.07, 6.45) is 7.01. The zero-order valence-electron chi connectivity index (χ0n) is 12.8. The fraction of sp³-hybridized carbons (Fsp3) is 0.667. The number of sulfonamides is 1. The van der Waals surface area contributed by atoms with Gasteiger partial charge in [-0.05, 0) is 50.2 Å². The third-order valence-corrected chi connectivity index (χ3v) is 5.78. The molecule has 2 fully saturated rings. The first-order valence-electron chi connectivity index (χ1n) is 7.82. The van der Waals surface area contributed by atoms with Gasteiger partial charge in [0.15, 0.2) is 0 Å². The summed E-state index contributed by atoms with van der Waals surface area (Å²) in [5.74, 6) is 1.22. The maximum absolute atomic E-state index is 12.1. The quantitative estimate of drug-likeness (QED) is 0.798. The highest BCUT2D eigenvalue weighted by atomic mass is 32.2. The minimum Gasteiger partial charge on any atom is -0.381 e. The molecule has 1 aromatic rings. The van der Waals surface area contributed by atoms with E-state index in [1.807, 2.05) is 0 Å². The van der Waals surface area contributed by atoms with Crippen LogP contribution in [-0.4, -0.2) is 39.2 Å². The van der Waals surface area contributed by atoms with Crippen molar-refractivity contribution in [2.45, 2.75) is 49.1 Å². The van der Waals surface area contributed by atoms with Crippen molar-refractivity contribution in [3.8, 4) is 0 Å². The van der Waals surface area contributed by atoms with Crippen molar-refractivity contribution in [1.82, 2.24) is 9.71 Å². The van der Waals surface area contributed by atoms with E-state index in [1.165, 1.54) is 6.20 Å². The Kier molecular flexibility index (Phi) is 4.65. The van der Waals surface area contributed by atoms with Gasteiger partial charge in [0.1, 0.15) is 10.7 Å². The minimum atomic E-state index is -3.43. The maximum Gasteiger partial charge on any atom is 0.242 e. The fourth-order valence-corrected chi connectivity index (χ4v) is 3.81. The third-order valence-electron chi connectivity index (χ3n) is 4.38. The van der Waals surface area contributed by atoms with Gasteiger partial charge in [-0.2, -0.15) is 0 Å². The lowest BCUT2D eigenvalue weighted by Gasteiger charge is -2.14. The van der Waals surface area contributed by atoms with Crippen molar-refractivity contribution in [2.24, 2.45) is 5.92 Å². The van der Waals surface area contributed by atoms with E-state index in [2.05, 4.69) is 15.0 Å². The molecule has 7 heteroatoms. The highest BCUT2D eigenvalue weighted by Gasteiger charge is 2.26. The summed E-state index contributed by atoms with van der Waals surface area (Å²) in [6.45, 7) is 0.531. The van der Waals surface area contributed by atoms with Crippen LogP contribution in [0.25, 0.3) is 0 Å². The van der Waals surface area contributed by atoms with Gasteiger partial charge in [-0.3, -0.25) is 0 Å². The van der Waals surface area contributed by atoms with Crippen molar-refractivity contribution in [2.75, 3.05) is 19.0 Å². The normalized spacial score (nSPS) is 25.3. The molecule has 0 aliphatic heterocycles.